The Bertz CT molecular complexity index is 1620. The summed E-state index contributed by atoms with van der Waals surface area (Å²) >= 11 is 0. The summed E-state index contributed by atoms with van der Waals surface area (Å²) in [7, 11) is 0. The van der Waals surface area contributed by atoms with E-state index in [1.54, 1.807) is 0 Å². The largest absolute Gasteiger partial charge is 0.308 e. The molecule has 6 aromatic rings. The van der Waals surface area contributed by atoms with Crippen molar-refractivity contribution in [3.63, 3.8) is 0 Å². The fourth-order valence-electron chi connectivity index (χ4n) is 5.66. The van der Waals surface area contributed by atoms with Crippen LogP contribution in [0, 0.1) is 0 Å². The molecule has 1 aliphatic heterocycles. The van der Waals surface area contributed by atoms with E-state index < -0.39 is 0 Å². The zero-order chi connectivity index (χ0) is 23.6. The van der Waals surface area contributed by atoms with Gasteiger partial charge in [-0.25, -0.2) is 4.98 Å². The summed E-state index contributed by atoms with van der Waals surface area (Å²) in [5, 5.41) is 2.50. The monoisotopic (exact) mass is 452 g/mol. The van der Waals surface area contributed by atoms with Gasteiger partial charge in [0.2, 0.25) is 0 Å². The number of anilines is 3. The summed E-state index contributed by atoms with van der Waals surface area (Å²) in [6.45, 7) is 4.56. The number of aromatic nitrogens is 3. The molecule has 0 radical (unpaired) electrons. The van der Waals surface area contributed by atoms with Gasteiger partial charge in [-0.2, -0.15) is 0 Å². The fraction of sp³-hybridized carbons (Fsp3) is 0.0968. The molecule has 4 heteroatoms. The van der Waals surface area contributed by atoms with Gasteiger partial charge in [-0.3, -0.25) is 9.88 Å². The van der Waals surface area contributed by atoms with Crippen molar-refractivity contribution in [3.05, 3.63) is 121 Å². The van der Waals surface area contributed by atoms with Crippen LogP contribution in [-0.2, 0) is 5.41 Å². The molecule has 1 aliphatic rings. The predicted octanol–water partition coefficient (Wildman–Crippen LogP) is 7.68. The van der Waals surface area contributed by atoms with Crippen LogP contribution in [0.2, 0.25) is 0 Å². The minimum absolute atomic E-state index is 0.117. The summed E-state index contributed by atoms with van der Waals surface area (Å²) in [6, 6.07) is 32.1. The van der Waals surface area contributed by atoms with Crippen LogP contribution in [0.3, 0.4) is 0 Å². The first kappa shape index (κ1) is 20.0. The molecule has 0 saturated heterocycles. The summed E-state index contributed by atoms with van der Waals surface area (Å²) in [4.78, 5) is 11.7. The zero-order valence-electron chi connectivity index (χ0n) is 19.7. The van der Waals surface area contributed by atoms with Gasteiger partial charge in [0.25, 0.3) is 0 Å². The van der Waals surface area contributed by atoms with Crippen LogP contribution in [0.15, 0.2) is 110 Å². The topological polar surface area (TPSA) is 34.0 Å². The lowest BCUT2D eigenvalue weighted by atomic mass is 9.74. The van der Waals surface area contributed by atoms with Crippen LogP contribution in [0.25, 0.3) is 27.5 Å². The molecule has 0 saturated carbocycles. The molecule has 0 bridgehead atoms. The van der Waals surface area contributed by atoms with Gasteiger partial charge in [0, 0.05) is 22.4 Å². The van der Waals surface area contributed by atoms with Gasteiger partial charge in [-0.1, -0.05) is 68.4 Å². The Hall–Kier alpha value is -4.44. The maximum absolute atomic E-state index is 4.99. The molecule has 0 aliphatic carbocycles. The van der Waals surface area contributed by atoms with E-state index in [-0.39, 0.29) is 5.41 Å². The minimum Gasteiger partial charge on any atom is -0.308 e. The lowest BCUT2D eigenvalue weighted by Gasteiger charge is -2.41. The van der Waals surface area contributed by atoms with Gasteiger partial charge in [0.1, 0.15) is 5.82 Å². The lowest BCUT2D eigenvalue weighted by molar-refractivity contribution is 0.630. The van der Waals surface area contributed by atoms with Crippen molar-refractivity contribution in [1.29, 1.82) is 0 Å². The van der Waals surface area contributed by atoms with Crippen LogP contribution in [0.4, 0.5) is 17.2 Å². The highest BCUT2D eigenvalue weighted by molar-refractivity contribution is 6.09. The molecule has 35 heavy (non-hydrogen) atoms. The highest BCUT2D eigenvalue weighted by atomic mass is 15.2. The van der Waals surface area contributed by atoms with E-state index in [1.807, 2.05) is 18.6 Å². The Balaban J connectivity index is 1.41. The zero-order valence-corrected chi connectivity index (χ0v) is 19.7. The molecular weight excluding hydrogens is 428 g/mol. The Kier molecular flexibility index (Phi) is 4.15. The smallest absolute Gasteiger partial charge is 0.137 e. The van der Waals surface area contributed by atoms with Crippen molar-refractivity contribution in [3.8, 4) is 5.69 Å². The van der Waals surface area contributed by atoms with Gasteiger partial charge in [0.15, 0.2) is 0 Å². The molecular formula is C31H24N4. The normalized spacial score (nSPS) is 14.2. The first-order chi connectivity index (χ1) is 17.1. The number of hydrogen-bond donors (Lipinski definition) is 0. The van der Waals surface area contributed by atoms with Crippen molar-refractivity contribution < 1.29 is 0 Å². The van der Waals surface area contributed by atoms with Crippen molar-refractivity contribution >= 4 is 39.0 Å². The SMILES string of the molecule is CC1(C)c2ccccc2N(c2ccc(-n3c4ccccc4c4ccccc43)cn2)c2cnccc21. The third-order valence-corrected chi connectivity index (χ3v) is 7.33. The Labute approximate surface area is 204 Å². The van der Waals surface area contributed by atoms with Gasteiger partial charge < -0.3 is 4.57 Å². The summed E-state index contributed by atoms with van der Waals surface area (Å²) in [5.41, 5.74) is 8.05. The third-order valence-electron chi connectivity index (χ3n) is 7.33. The highest BCUT2D eigenvalue weighted by Gasteiger charge is 2.37. The Morgan fingerprint density at radius 2 is 1.29 bits per heavy atom. The quantitative estimate of drug-likeness (QED) is 0.270. The van der Waals surface area contributed by atoms with E-state index in [9.17, 15) is 0 Å². The number of para-hydroxylation sites is 3. The van der Waals surface area contributed by atoms with E-state index >= 15 is 0 Å². The first-order valence-corrected chi connectivity index (χ1v) is 11.9. The fourth-order valence-corrected chi connectivity index (χ4v) is 5.66. The lowest BCUT2D eigenvalue weighted by Crippen LogP contribution is -2.31. The van der Waals surface area contributed by atoms with E-state index in [0.717, 1.165) is 22.9 Å². The van der Waals surface area contributed by atoms with Crippen molar-refractivity contribution in [2.24, 2.45) is 0 Å². The highest BCUT2D eigenvalue weighted by Crippen LogP contribution is 2.50. The molecule has 0 amide bonds. The summed E-state index contributed by atoms with van der Waals surface area (Å²) < 4.78 is 2.30. The summed E-state index contributed by atoms with van der Waals surface area (Å²) in [6.07, 6.45) is 5.81. The molecule has 0 unspecified atom stereocenters. The van der Waals surface area contributed by atoms with E-state index in [1.165, 1.54) is 32.9 Å². The molecule has 0 N–H and O–H groups in total. The molecule has 168 valence electrons. The second kappa shape index (κ2) is 7.28. The first-order valence-electron chi connectivity index (χ1n) is 11.9. The average Bonchev–Trinajstić information content (AvgIpc) is 3.24. The van der Waals surface area contributed by atoms with Gasteiger partial charge in [-0.15, -0.1) is 0 Å². The molecule has 3 aromatic carbocycles. The van der Waals surface area contributed by atoms with Crippen molar-refractivity contribution in [2.75, 3.05) is 4.90 Å². The molecule has 4 nitrogen and oxygen atoms in total. The second-order valence-electron chi connectivity index (χ2n) is 9.61. The van der Waals surface area contributed by atoms with Crippen LogP contribution < -0.4 is 4.90 Å². The molecule has 0 fully saturated rings. The molecule has 7 rings (SSSR count). The number of benzene rings is 3. The van der Waals surface area contributed by atoms with Gasteiger partial charge >= 0.3 is 0 Å². The maximum Gasteiger partial charge on any atom is 0.137 e. The number of pyridine rings is 2. The van der Waals surface area contributed by atoms with Crippen LogP contribution in [0.5, 0.6) is 0 Å². The Morgan fingerprint density at radius 3 is 2.00 bits per heavy atom. The van der Waals surface area contributed by atoms with Crippen LogP contribution in [-0.4, -0.2) is 14.5 Å². The number of hydrogen-bond acceptors (Lipinski definition) is 3. The number of rotatable bonds is 2. The number of nitrogens with zero attached hydrogens (tertiary/aromatic N) is 4. The number of fused-ring (bicyclic) bond motifs is 5. The van der Waals surface area contributed by atoms with Crippen molar-refractivity contribution in [1.82, 2.24) is 14.5 Å². The average molecular weight is 453 g/mol. The molecule has 0 spiro atoms. The Morgan fingerprint density at radius 1 is 0.629 bits per heavy atom. The summed E-state index contributed by atoms with van der Waals surface area (Å²) in [5.74, 6) is 0.881. The van der Waals surface area contributed by atoms with E-state index in [2.05, 4.69) is 119 Å². The van der Waals surface area contributed by atoms with Crippen molar-refractivity contribution in [2.45, 2.75) is 19.3 Å². The third kappa shape index (κ3) is 2.80. The van der Waals surface area contributed by atoms with Gasteiger partial charge in [-0.05, 0) is 47.5 Å². The van der Waals surface area contributed by atoms with E-state index in [0.29, 0.717) is 0 Å². The molecule has 0 atom stereocenters. The van der Waals surface area contributed by atoms with E-state index in [4.69, 9.17) is 4.98 Å². The second-order valence-corrected chi connectivity index (χ2v) is 9.61. The van der Waals surface area contributed by atoms with Gasteiger partial charge in [0.05, 0.1) is 40.5 Å². The van der Waals surface area contributed by atoms with Crippen LogP contribution in [0.1, 0.15) is 25.0 Å². The van der Waals surface area contributed by atoms with Crippen LogP contribution >= 0.6 is 0 Å². The maximum atomic E-state index is 4.99. The standard InChI is InChI=1S/C31H24N4/c1-31(2)24-11-5-8-14-28(24)35(29-20-32-18-17-25(29)31)30-16-15-21(19-33-30)34-26-12-6-3-9-22(26)23-10-4-7-13-27(23)34/h3-20H,1-2H3. The molecule has 3 aromatic heterocycles. The molecule has 4 heterocycles. The predicted molar refractivity (Wildman–Crippen MR) is 143 cm³/mol. The minimum atomic E-state index is -0.117.